The Labute approximate surface area is 199 Å². The highest BCUT2D eigenvalue weighted by molar-refractivity contribution is 6.03. The van der Waals surface area contributed by atoms with Gasteiger partial charge < -0.3 is 16.2 Å². The Hall–Kier alpha value is -4.10. The summed E-state index contributed by atoms with van der Waals surface area (Å²) < 4.78 is 0. The number of nitrogens with one attached hydrogen (secondary N) is 1. The lowest BCUT2D eigenvalue weighted by atomic mass is 10.0. The van der Waals surface area contributed by atoms with Gasteiger partial charge in [-0.25, -0.2) is 0 Å². The highest BCUT2D eigenvalue weighted by Crippen LogP contribution is 2.40. The fourth-order valence-electron chi connectivity index (χ4n) is 3.90. The van der Waals surface area contributed by atoms with E-state index in [1.54, 1.807) is 13.1 Å². The molecule has 0 aliphatic carbocycles. The third-order valence-corrected chi connectivity index (χ3v) is 5.57. The summed E-state index contributed by atoms with van der Waals surface area (Å²) in [6.45, 7) is 5.39. The fraction of sp³-hybridized carbons (Fsp3) is 0.185. The smallest absolute Gasteiger partial charge is 0.125 e. The molecule has 0 amide bonds. The van der Waals surface area contributed by atoms with E-state index in [2.05, 4.69) is 25.8 Å². The molecule has 0 aliphatic heterocycles. The molecule has 0 saturated carbocycles. The fourth-order valence-corrected chi connectivity index (χ4v) is 3.90. The van der Waals surface area contributed by atoms with Gasteiger partial charge in [0.1, 0.15) is 11.4 Å². The van der Waals surface area contributed by atoms with E-state index in [4.69, 9.17) is 5.73 Å². The molecule has 4 rings (SSSR count). The highest BCUT2D eigenvalue weighted by Gasteiger charge is 2.12. The summed E-state index contributed by atoms with van der Waals surface area (Å²) in [7, 11) is 1.66. The maximum atomic E-state index is 10.4. The number of aryl methyl sites for hydroxylation is 2. The van der Waals surface area contributed by atoms with Crippen LogP contribution in [0, 0.1) is 13.8 Å². The zero-order valence-corrected chi connectivity index (χ0v) is 19.6. The minimum atomic E-state index is 0.156. The van der Waals surface area contributed by atoms with Crippen LogP contribution < -0.4 is 11.1 Å². The molecular formula is C27H28N6O. The topological polar surface area (TPSA) is 108 Å². The molecule has 4 N–H and O–H groups in total. The number of phenolic OH excluding ortho intramolecular Hbond substituents is 1. The van der Waals surface area contributed by atoms with Crippen LogP contribution in [0.2, 0.25) is 0 Å². The first kappa shape index (κ1) is 23.1. The summed E-state index contributed by atoms with van der Waals surface area (Å²) in [5.74, 6) is 0.156. The minimum Gasteiger partial charge on any atom is -0.507 e. The van der Waals surface area contributed by atoms with Crippen molar-refractivity contribution in [1.82, 2.24) is 5.32 Å². The number of azo groups is 2. The van der Waals surface area contributed by atoms with E-state index in [9.17, 15) is 5.11 Å². The molecule has 0 unspecified atom stereocenters. The summed E-state index contributed by atoms with van der Waals surface area (Å²) in [5.41, 5.74) is 13.2. The number of hydrogen-bond donors (Lipinski definition) is 3. The second-order valence-corrected chi connectivity index (χ2v) is 8.27. The SMILES string of the molecule is CN=Nc1ccc(CNCc2ccc(N=Nc3c(C)cc4cc(C)cc(O)c4c3N)cc2)cc1. The van der Waals surface area contributed by atoms with Gasteiger partial charge in [-0.15, -0.1) is 5.11 Å². The molecule has 34 heavy (non-hydrogen) atoms. The van der Waals surface area contributed by atoms with Crippen LogP contribution in [0.4, 0.5) is 22.7 Å². The Morgan fingerprint density at radius 1 is 0.794 bits per heavy atom. The second-order valence-electron chi connectivity index (χ2n) is 8.27. The summed E-state index contributed by atoms with van der Waals surface area (Å²) in [6.07, 6.45) is 0. The van der Waals surface area contributed by atoms with Crippen LogP contribution in [0.1, 0.15) is 22.3 Å². The second kappa shape index (κ2) is 10.2. The largest absolute Gasteiger partial charge is 0.507 e. The minimum absolute atomic E-state index is 0.156. The summed E-state index contributed by atoms with van der Waals surface area (Å²) in [5, 5.41) is 31.9. The Morgan fingerprint density at radius 2 is 1.38 bits per heavy atom. The Kier molecular flexibility index (Phi) is 6.94. The van der Waals surface area contributed by atoms with Gasteiger partial charge in [-0.1, -0.05) is 30.3 Å². The van der Waals surface area contributed by atoms with Crippen molar-refractivity contribution in [3.8, 4) is 5.75 Å². The summed E-state index contributed by atoms with van der Waals surface area (Å²) in [4.78, 5) is 0. The van der Waals surface area contributed by atoms with Crippen molar-refractivity contribution in [2.45, 2.75) is 26.9 Å². The first-order chi connectivity index (χ1) is 16.4. The van der Waals surface area contributed by atoms with E-state index >= 15 is 0 Å². The number of fused-ring (bicyclic) bond motifs is 1. The molecule has 0 radical (unpaired) electrons. The lowest BCUT2D eigenvalue weighted by molar-refractivity contribution is 0.481. The van der Waals surface area contributed by atoms with Crippen LogP contribution in [-0.2, 0) is 13.1 Å². The number of benzene rings is 4. The molecule has 0 aromatic heterocycles. The van der Waals surface area contributed by atoms with Gasteiger partial charge in [0.2, 0.25) is 0 Å². The predicted molar refractivity (Wildman–Crippen MR) is 138 cm³/mol. The number of phenols is 1. The van der Waals surface area contributed by atoms with Gasteiger partial charge in [0.25, 0.3) is 0 Å². The van der Waals surface area contributed by atoms with E-state index in [1.165, 1.54) is 5.56 Å². The van der Waals surface area contributed by atoms with Gasteiger partial charge in [-0.2, -0.15) is 15.3 Å². The van der Waals surface area contributed by atoms with Gasteiger partial charge in [0, 0.05) is 25.5 Å². The molecule has 0 aliphatic rings. The molecule has 172 valence electrons. The Bertz CT molecular complexity index is 1360. The third-order valence-electron chi connectivity index (χ3n) is 5.57. The average Bonchev–Trinajstić information content (AvgIpc) is 2.80. The maximum absolute atomic E-state index is 10.4. The lowest BCUT2D eigenvalue weighted by Gasteiger charge is -2.11. The monoisotopic (exact) mass is 452 g/mol. The van der Waals surface area contributed by atoms with E-state index in [-0.39, 0.29) is 5.75 Å². The Morgan fingerprint density at radius 3 is 1.97 bits per heavy atom. The van der Waals surface area contributed by atoms with Crippen molar-refractivity contribution < 1.29 is 5.11 Å². The van der Waals surface area contributed by atoms with E-state index < -0.39 is 0 Å². The van der Waals surface area contributed by atoms with Crippen LogP contribution in [0.15, 0.2) is 87.2 Å². The number of aromatic hydroxyl groups is 1. The van der Waals surface area contributed by atoms with Gasteiger partial charge >= 0.3 is 0 Å². The molecule has 0 fully saturated rings. The molecular weight excluding hydrogens is 424 g/mol. The standard InChI is InChI=1S/C27H28N6O/c1-17-12-21-14-18(2)27(26(28)25(21)24(34)13-17)33-32-23-10-6-20(7-11-23)16-30-15-19-4-8-22(9-5-19)31-29-3/h4-14,30,34H,15-16,28H2,1-3H3. The van der Waals surface area contributed by atoms with Gasteiger partial charge in [0.15, 0.2) is 0 Å². The zero-order valence-electron chi connectivity index (χ0n) is 19.6. The predicted octanol–water partition coefficient (Wildman–Crippen LogP) is 7.16. The molecule has 0 heterocycles. The first-order valence-corrected chi connectivity index (χ1v) is 11.1. The van der Waals surface area contributed by atoms with Crippen molar-refractivity contribution in [2.75, 3.05) is 12.8 Å². The molecule has 0 saturated heterocycles. The van der Waals surface area contributed by atoms with Crippen molar-refractivity contribution in [3.63, 3.8) is 0 Å². The number of rotatable bonds is 7. The normalized spacial score (nSPS) is 11.7. The molecule has 4 aromatic carbocycles. The quantitative estimate of drug-likeness (QED) is 0.204. The van der Waals surface area contributed by atoms with Crippen LogP contribution >= 0.6 is 0 Å². The first-order valence-electron chi connectivity index (χ1n) is 11.1. The van der Waals surface area contributed by atoms with Gasteiger partial charge in [0.05, 0.1) is 17.1 Å². The van der Waals surface area contributed by atoms with Gasteiger partial charge in [-0.3, -0.25) is 0 Å². The van der Waals surface area contributed by atoms with Crippen LogP contribution in [0.5, 0.6) is 5.75 Å². The van der Waals surface area contributed by atoms with Crippen molar-refractivity contribution in [1.29, 1.82) is 0 Å². The number of nitrogens with two attached hydrogens (primary N) is 1. The van der Waals surface area contributed by atoms with E-state index in [1.807, 2.05) is 74.5 Å². The average molecular weight is 453 g/mol. The van der Waals surface area contributed by atoms with Crippen molar-refractivity contribution in [3.05, 3.63) is 89.0 Å². The van der Waals surface area contributed by atoms with Crippen LogP contribution in [0.3, 0.4) is 0 Å². The maximum Gasteiger partial charge on any atom is 0.125 e. The van der Waals surface area contributed by atoms with Crippen molar-refractivity contribution >= 4 is 33.5 Å². The molecule has 0 atom stereocenters. The number of nitrogen functional groups attached to an aromatic ring is 1. The van der Waals surface area contributed by atoms with Crippen molar-refractivity contribution in [2.24, 2.45) is 20.5 Å². The molecule has 7 heteroatoms. The van der Waals surface area contributed by atoms with Crippen LogP contribution in [-0.4, -0.2) is 12.2 Å². The van der Waals surface area contributed by atoms with E-state index in [0.29, 0.717) is 16.8 Å². The lowest BCUT2D eigenvalue weighted by Crippen LogP contribution is -2.12. The number of nitrogens with zero attached hydrogens (tertiary/aromatic N) is 4. The number of anilines is 1. The summed E-state index contributed by atoms with van der Waals surface area (Å²) in [6, 6.07) is 21.6. The molecule has 7 nitrogen and oxygen atoms in total. The molecule has 0 bridgehead atoms. The van der Waals surface area contributed by atoms with E-state index in [0.717, 1.165) is 46.5 Å². The highest BCUT2D eigenvalue weighted by atomic mass is 16.3. The zero-order chi connectivity index (χ0) is 24.1. The number of hydrogen-bond acceptors (Lipinski definition) is 7. The van der Waals surface area contributed by atoms with Gasteiger partial charge in [-0.05, 0) is 77.9 Å². The Balaban J connectivity index is 1.41. The van der Waals surface area contributed by atoms with Crippen LogP contribution in [0.25, 0.3) is 10.8 Å². The molecule has 0 spiro atoms. The molecule has 4 aromatic rings. The third kappa shape index (κ3) is 5.27. The summed E-state index contributed by atoms with van der Waals surface area (Å²) >= 11 is 0.